The van der Waals surface area contributed by atoms with Crippen LogP contribution in [0.3, 0.4) is 0 Å². The lowest BCUT2D eigenvalue weighted by Crippen LogP contribution is -2.54. The molecule has 0 radical (unpaired) electrons. The predicted octanol–water partition coefficient (Wildman–Crippen LogP) is 2.05. The summed E-state index contributed by atoms with van der Waals surface area (Å²) in [5.41, 5.74) is 1.84. The van der Waals surface area contributed by atoms with Crippen molar-refractivity contribution in [2.45, 2.75) is 37.5 Å². The fourth-order valence-corrected chi connectivity index (χ4v) is 4.40. The number of benzene rings is 1. The molecule has 0 bridgehead atoms. The van der Waals surface area contributed by atoms with Crippen molar-refractivity contribution in [2.24, 2.45) is 0 Å². The van der Waals surface area contributed by atoms with Crippen LogP contribution in [0.1, 0.15) is 30.5 Å². The summed E-state index contributed by atoms with van der Waals surface area (Å²) in [4.78, 5) is 21.5. The molecule has 1 saturated carbocycles. The van der Waals surface area contributed by atoms with Crippen molar-refractivity contribution in [1.29, 1.82) is 10.5 Å². The number of β-amino-alcohol motifs (C(OH)–C–C–N with tert-alkyl or cyclic N) is 1. The maximum atomic E-state index is 11.0. The molecule has 5 rings (SSSR count). The number of nitrogens with one attached hydrogen (secondary N) is 3. The van der Waals surface area contributed by atoms with Crippen molar-refractivity contribution in [2.75, 3.05) is 28.6 Å². The number of aliphatic hydroxyl groups is 1. The van der Waals surface area contributed by atoms with E-state index in [4.69, 9.17) is 16.7 Å². The molecule has 1 saturated heterocycles. The monoisotopic (exact) mass is 508 g/mol. The zero-order valence-corrected chi connectivity index (χ0v) is 19.6. The van der Waals surface area contributed by atoms with Gasteiger partial charge in [0.1, 0.15) is 6.07 Å². The molecular weight excluding hydrogens is 488 g/mol. The van der Waals surface area contributed by atoms with Crippen LogP contribution in [0.4, 0.5) is 27.9 Å². The Morgan fingerprint density at radius 3 is 2.69 bits per heavy atom. The predicted molar refractivity (Wildman–Crippen MR) is 129 cm³/mol. The maximum Gasteiger partial charge on any atom is 0.404 e. The second-order valence-corrected chi connectivity index (χ2v) is 9.02. The van der Waals surface area contributed by atoms with Crippen molar-refractivity contribution in [3.05, 3.63) is 34.6 Å². The highest BCUT2D eigenvalue weighted by molar-refractivity contribution is 6.36. The number of piperidine rings is 1. The molecule has 36 heavy (non-hydrogen) atoms. The SMILES string of the molecule is N#Cc1cc(Nc2nc(NC3CC3)c3ncc(C#N)n3n2)c(Cl)c(N2CC[C@@H](NC(=O)O)[C@H](O)C2)c1. The molecular formula is C22H21ClN10O3. The van der Waals surface area contributed by atoms with Gasteiger partial charge >= 0.3 is 6.09 Å². The lowest BCUT2D eigenvalue weighted by Gasteiger charge is -2.37. The quantitative estimate of drug-likeness (QED) is 0.327. The molecule has 1 aromatic carbocycles. The van der Waals surface area contributed by atoms with E-state index in [1.54, 1.807) is 17.0 Å². The molecule has 1 aliphatic heterocycles. The van der Waals surface area contributed by atoms with E-state index in [0.717, 1.165) is 12.8 Å². The normalized spacial score (nSPS) is 19.4. The molecule has 184 valence electrons. The third-order valence-corrected chi connectivity index (χ3v) is 6.45. The number of fused-ring (bicyclic) bond motifs is 1. The van der Waals surface area contributed by atoms with Crippen LogP contribution in [0, 0.1) is 22.7 Å². The number of rotatable bonds is 6. The zero-order chi connectivity index (χ0) is 25.4. The van der Waals surface area contributed by atoms with Gasteiger partial charge in [-0.2, -0.15) is 20.0 Å². The van der Waals surface area contributed by atoms with E-state index in [1.807, 2.05) is 0 Å². The van der Waals surface area contributed by atoms with Crippen molar-refractivity contribution in [3.63, 3.8) is 0 Å². The summed E-state index contributed by atoms with van der Waals surface area (Å²) in [5, 5.41) is 51.8. The van der Waals surface area contributed by atoms with Crippen LogP contribution in [0.25, 0.3) is 5.65 Å². The molecule has 2 aliphatic rings. The molecule has 1 amide bonds. The average Bonchev–Trinajstić information content (AvgIpc) is 3.57. The summed E-state index contributed by atoms with van der Waals surface area (Å²) in [7, 11) is 0. The number of nitrogens with zero attached hydrogens (tertiary/aromatic N) is 7. The Morgan fingerprint density at radius 2 is 2.03 bits per heavy atom. The number of halogens is 1. The van der Waals surface area contributed by atoms with E-state index in [9.17, 15) is 20.4 Å². The zero-order valence-electron chi connectivity index (χ0n) is 18.8. The molecule has 2 fully saturated rings. The van der Waals surface area contributed by atoms with E-state index in [0.29, 0.717) is 41.4 Å². The number of anilines is 4. The fourth-order valence-electron chi connectivity index (χ4n) is 4.12. The molecule has 3 aromatic rings. The van der Waals surface area contributed by atoms with Crippen LogP contribution in [0.2, 0.25) is 5.02 Å². The lowest BCUT2D eigenvalue weighted by atomic mass is 10.0. The Bertz CT molecular complexity index is 1420. The van der Waals surface area contributed by atoms with E-state index in [1.165, 1.54) is 10.7 Å². The minimum absolute atomic E-state index is 0.122. The minimum Gasteiger partial charge on any atom is -0.465 e. The Hall–Kier alpha value is -4.33. The Morgan fingerprint density at radius 1 is 1.22 bits per heavy atom. The summed E-state index contributed by atoms with van der Waals surface area (Å²) in [6.45, 7) is 0.534. The molecule has 14 heteroatoms. The van der Waals surface area contributed by atoms with Gasteiger partial charge in [0.05, 0.1) is 46.4 Å². The second kappa shape index (κ2) is 9.37. The number of imidazole rings is 1. The number of carboxylic acid groups (broad SMARTS) is 1. The molecule has 1 aliphatic carbocycles. The average molecular weight is 509 g/mol. The third-order valence-electron chi connectivity index (χ3n) is 6.06. The van der Waals surface area contributed by atoms with E-state index < -0.39 is 18.2 Å². The number of aliphatic hydroxyl groups excluding tert-OH is 1. The van der Waals surface area contributed by atoms with Crippen molar-refractivity contribution >= 4 is 46.5 Å². The largest absolute Gasteiger partial charge is 0.465 e. The van der Waals surface area contributed by atoms with Gasteiger partial charge in [-0.25, -0.2) is 9.78 Å². The molecule has 13 nitrogen and oxygen atoms in total. The van der Waals surface area contributed by atoms with Gasteiger partial charge in [0, 0.05) is 19.1 Å². The van der Waals surface area contributed by atoms with Gasteiger partial charge < -0.3 is 31.1 Å². The van der Waals surface area contributed by atoms with Crippen LogP contribution in [0.5, 0.6) is 0 Å². The van der Waals surface area contributed by atoms with Gasteiger partial charge in [0.15, 0.2) is 17.2 Å². The summed E-state index contributed by atoms with van der Waals surface area (Å²) >= 11 is 6.73. The molecule has 2 atom stereocenters. The first-order chi connectivity index (χ1) is 17.4. The van der Waals surface area contributed by atoms with E-state index >= 15 is 0 Å². The maximum absolute atomic E-state index is 11.0. The molecule has 2 aromatic heterocycles. The van der Waals surface area contributed by atoms with E-state index in [2.05, 4.69) is 43.2 Å². The number of aromatic nitrogens is 4. The van der Waals surface area contributed by atoms with Gasteiger partial charge in [-0.05, 0) is 31.4 Å². The van der Waals surface area contributed by atoms with Crippen molar-refractivity contribution in [1.82, 2.24) is 24.9 Å². The fraction of sp³-hybridized carbons (Fsp3) is 0.364. The first kappa shape index (κ1) is 23.4. The number of carbonyl (C=O) groups is 1. The lowest BCUT2D eigenvalue weighted by molar-refractivity contribution is 0.108. The van der Waals surface area contributed by atoms with Crippen LogP contribution < -0.4 is 20.9 Å². The van der Waals surface area contributed by atoms with Gasteiger partial charge in [-0.15, -0.1) is 5.10 Å². The van der Waals surface area contributed by atoms with Crippen LogP contribution in [-0.4, -0.2) is 67.2 Å². The highest BCUT2D eigenvalue weighted by atomic mass is 35.5. The van der Waals surface area contributed by atoms with Gasteiger partial charge in [-0.1, -0.05) is 11.6 Å². The number of nitriles is 2. The molecule has 0 spiro atoms. The smallest absolute Gasteiger partial charge is 0.404 e. The molecule has 5 N–H and O–H groups in total. The number of hydrogen-bond acceptors (Lipinski definition) is 10. The van der Waals surface area contributed by atoms with Crippen LogP contribution in [-0.2, 0) is 0 Å². The van der Waals surface area contributed by atoms with Crippen LogP contribution >= 0.6 is 11.6 Å². The third kappa shape index (κ3) is 4.62. The Labute approximate surface area is 209 Å². The number of hydrogen-bond donors (Lipinski definition) is 5. The van der Waals surface area contributed by atoms with Gasteiger partial charge in [0.2, 0.25) is 5.95 Å². The van der Waals surface area contributed by atoms with Crippen molar-refractivity contribution < 1.29 is 15.0 Å². The first-order valence-electron chi connectivity index (χ1n) is 11.2. The van der Waals surface area contributed by atoms with Crippen LogP contribution in [0.15, 0.2) is 18.3 Å². The highest BCUT2D eigenvalue weighted by Gasteiger charge is 2.31. The topological polar surface area (TPSA) is 188 Å². The van der Waals surface area contributed by atoms with E-state index in [-0.39, 0.29) is 29.3 Å². The summed E-state index contributed by atoms with van der Waals surface area (Å²) in [6, 6.07) is 7.00. The van der Waals surface area contributed by atoms with Gasteiger partial charge in [0.25, 0.3) is 0 Å². The number of amides is 1. The molecule has 3 heterocycles. The first-order valence-corrected chi connectivity index (χ1v) is 11.6. The molecule has 0 unspecified atom stereocenters. The second-order valence-electron chi connectivity index (χ2n) is 8.65. The van der Waals surface area contributed by atoms with Gasteiger partial charge in [-0.3, -0.25) is 0 Å². The highest BCUT2D eigenvalue weighted by Crippen LogP contribution is 2.37. The Balaban J connectivity index is 1.48. The summed E-state index contributed by atoms with van der Waals surface area (Å²) in [5.74, 6) is 0.618. The summed E-state index contributed by atoms with van der Waals surface area (Å²) in [6.07, 6.45) is 1.63. The minimum atomic E-state index is -1.20. The van der Waals surface area contributed by atoms with Crippen molar-refractivity contribution in [3.8, 4) is 12.1 Å². The Kier molecular flexibility index (Phi) is 6.10. The summed E-state index contributed by atoms with van der Waals surface area (Å²) < 4.78 is 1.39. The standard InChI is InChI=1S/C22H21ClN10O3/c23-18-15(5-11(7-24)6-16(18)32-4-3-14(17(34)10-32)29-22(35)36)28-21-30-19(27-12-1-2-12)20-26-9-13(8-25)33(20)31-21/h5-6,9,12,14,17,29,34H,1-4,10H2,(H,35,36)(H2,27,28,30,31)/t14-,17-/m1/s1.